The fraction of sp³-hybridized carbons (Fsp3) is 0.294. The normalized spacial score (nSPS) is 14.1. The van der Waals surface area contributed by atoms with E-state index in [1.807, 2.05) is 0 Å². The third-order valence-corrected chi connectivity index (χ3v) is 5.50. The SMILES string of the molecule is COC(=O)C(C)(C)c1sc(N2C(=O)c3ccccc3C2=O)nc1C. The number of carbonyl (C=O) groups is 3. The molecule has 1 aromatic carbocycles. The van der Waals surface area contributed by atoms with Crippen molar-refractivity contribution in [3.63, 3.8) is 0 Å². The van der Waals surface area contributed by atoms with E-state index < -0.39 is 23.2 Å². The molecule has 1 aliphatic rings. The first-order valence-corrected chi connectivity index (χ1v) is 8.14. The van der Waals surface area contributed by atoms with E-state index in [-0.39, 0.29) is 5.13 Å². The van der Waals surface area contributed by atoms with Crippen molar-refractivity contribution in [3.8, 4) is 0 Å². The number of amides is 2. The molecule has 7 heteroatoms. The van der Waals surface area contributed by atoms with Gasteiger partial charge in [-0.1, -0.05) is 23.5 Å². The van der Waals surface area contributed by atoms with Crippen LogP contribution >= 0.6 is 11.3 Å². The summed E-state index contributed by atoms with van der Waals surface area (Å²) >= 11 is 1.16. The smallest absolute Gasteiger partial charge is 0.316 e. The van der Waals surface area contributed by atoms with Gasteiger partial charge < -0.3 is 4.74 Å². The van der Waals surface area contributed by atoms with Crippen LogP contribution in [0.15, 0.2) is 24.3 Å². The van der Waals surface area contributed by atoms with Gasteiger partial charge in [0, 0.05) is 4.88 Å². The Bertz CT molecular complexity index is 834. The zero-order valence-electron chi connectivity index (χ0n) is 13.7. The highest BCUT2D eigenvalue weighted by atomic mass is 32.1. The molecule has 6 nitrogen and oxygen atoms in total. The van der Waals surface area contributed by atoms with Crippen molar-refractivity contribution in [2.75, 3.05) is 12.0 Å². The summed E-state index contributed by atoms with van der Waals surface area (Å²) in [5, 5.41) is 0.269. The number of nitrogens with zero attached hydrogens (tertiary/aromatic N) is 2. The lowest BCUT2D eigenvalue weighted by Crippen LogP contribution is -2.30. The first-order chi connectivity index (χ1) is 11.3. The number of methoxy groups -OCH3 is 1. The number of esters is 1. The van der Waals surface area contributed by atoms with Gasteiger partial charge in [0.1, 0.15) is 0 Å². The van der Waals surface area contributed by atoms with Crippen LogP contribution in [0.5, 0.6) is 0 Å². The zero-order chi connectivity index (χ0) is 17.6. The zero-order valence-corrected chi connectivity index (χ0v) is 14.6. The predicted octanol–water partition coefficient (Wildman–Crippen LogP) is 2.70. The standard InChI is InChI=1S/C17H16N2O4S/c1-9-12(17(2,3)15(22)23-4)24-16(18-9)19-13(20)10-7-5-6-8-11(10)14(19)21/h5-8H,1-4H3. The Morgan fingerprint density at radius 1 is 1.17 bits per heavy atom. The second-order valence-electron chi connectivity index (χ2n) is 6.02. The Morgan fingerprint density at radius 2 is 1.71 bits per heavy atom. The molecule has 0 atom stereocenters. The van der Waals surface area contributed by atoms with Crippen molar-refractivity contribution < 1.29 is 19.1 Å². The third kappa shape index (κ3) is 2.24. The highest BCUT2D eigenvalue weighted by Crippen LogP contribution is 2.38. The number of benzene rings is 1. The van der Waals surface area contributed by atoms with E-state index in [1.54, 1.807) is 45.0 Å². The molecule has 2 amide bonds. The van der Waals surface area contributed by atoms with Crippen LogP contribution in [0.25, 0.3) is 0 Å². The average Bonchev–Trinajstić information content (AvgIpc) is 3.06. The molecule has 0 unspecified atom stereocenters. The Morgan fingerprint density at radius 3 is 2.21 bits per heavy atom. The minimum absolute atomic E-state index is 0.269. The molecule has 2 aromatic rings. The van der Waals surface area contributed by atoms with Gasteiger partial charge in [0.2, 0.25) is 0 Å². The summed E-state index contributed by atoms with van der Waals surface area (Å²) in [5.41, 5.74) is 0.420. The van der Waals surface area contributed by atoms with Crippen molar-refractivity contribution in [1.82, 2.24) is 4.98 Å². The van der Waals surface area contributed by atoms with Gasteiger partial charge in [-0.2, -0.15) is 0 Å². The van der Waals surface area contributed by atoms with Crippen LogP contribution in [0.1, 0.15) is 45.1 Å². The summed E-state index contributed by atoms with van der Waals surface area (Å²) in [6.07, 6.45) is 0. The lowest BCUT2D eigenvalue weighted by molar-refractivity contribution is -0.146. The monoisotopic (exact) mass is 344 g/mol. The van der Waals surface area contributed by atoms with Crippen LogP contribution in [-0.2, 0) is 14.9 Å². The van der Waals surface area contributed by atoms with E-state index >= 15 is 0 Å². The predicted molar refractivity (Wildman–Crippen MR) is 89.5 cm³/mol. The molecule has 0 radical (unpaired) electrons. The molecular weight excluding hydrogens is 328 g/mol. The lowest BCUT2D eigenvalue weighted by atomic mass is 9.91. The molecule has 0 saturated heterocycles. The first kappa shape index (κ1) is 16.3. The van der Waals surface area contributed by atoms with Crippen molar-refractivity contribution in [2.24, 2.45) is 0 Å². The van der Waals surface area contributed by atoms with Crippen molar-refractivity contribution in [3.05, 3.63) is 46.0 Å². The van der Waals surface area contributed by atoms with Crippen LogP contribution in [0.4, 0.5) is 5.13 Å². The Balaban J connectivity index is 2.05. The fourth-order valence-electron chi connectivity index (χ4n) is 2.77. The summed E-state index contributed by atoms with van der Waals surface area (Å²) in [4.78, 5) is 43.2. The van der Waals surface area contributed by atoms with Crippen molar-refractivity contribution in [2.45, 2.75) is 26.2 Å². The van der Waals surface area contributed by atoms with Crippen LogP contribution in [0, 0.1) is 6.92 Å². The molecule has 0 N–H and O–H groups in total. The molecule has 0 aliphatic carbocycles. The van der Waals surface area contributed by atoms with E-state index in [9.17, 15) is 14.4 Å². The van der Waals surface area contributed by atoms with Gasteiger partial charge >= 0.3 is 5.97 Å². The third-order valence-electron chi connectivity index (χ3n) is 4.03. The van der Waals surface area contributed by atoms with Gasteiger partial charge in [-0.3, -0.25) is 14.4 Å². The van der Waals surface area contributed by atoms with Crippen LogP contribution in [-0.4, -0.2) is 29.9 Å². The maximum Gasteiger partial charge on any atom is 0.316 e. The number of anilines is 1. The van der Waals surface area contributed by atoms with Crippen molar-refractivity contribution in [1.29, 1.82) is 0 Å². The number of aryl methyl sites for hydroxylation is 1. The summed E-state index contributed by atoms with van der Waals surface area (Å²) in [5.74, 6) is -1.19. The van der Waals surface area contributed by atoms with Gasteiger partial charge in [-0.25, -0.2) is 9.88 Å². The maximum absolute atomic E-state index is 12.5. The molecule has 1 aromatic heterocycles. The second kappa shape index (κ2) is 5.52. The van der Waals surface area contributed by atoms with E-state index in [0.717, 1.165) is 16.2 Å². The maximum atomic E-state index is 12.5. The minimum Gasteiger partial charge on any atom is -0.468 e. The van der Waals surface area contributed by atoms with Gasteiger partial charge in [-0.15, -0.1) is 0 Å². The number of aromatic nitrogens is 1. The molecular formula is C17H16N2O4S. The van der Waals surface area contributed by atoms with Crippen LogP contribution < -0.4 is 4.90 Å². The lowest BCUT2D eigenvalue weighted by Gasteiger charge is -2.20. The van der Waals surface area contributed by atoms with E-state index in [1.165, 1.54) is 7.11 Å². The molecule has 0 bridgehead atoms. The van der Waals surface area contributed by atoms with Crippen LogP contribution in [0.2, 0.25) is 0 Å². The number of rotatable bonds is 3. The van der Waals surface area contributed by atoms with Crippen molar-refractivity contribution >= 4 is 34.3 Å². The molecule has 1 aliphatic heterocycles. The Hall–Kier alpha value is -2.54. The van der Waals surface area contributed by atoms with E-state index in [4.69, 9.17) is 4.74 Å². The summed E-state index contributed by atoms with van der Waals surface area (Å²) in [6, 6.07) is 6.67. The minimum atomic E-state index is -0.909. The summed E-state index contributed by atoms with van der Waals surface area (Å²) < 4.78 is 4.84. The number of hydrogen-bond donors (Lipinski definition) is 0. The van der Waals surface area contributed by atoms with Gasteiger partial charge in [0.05, 0.1) is 29.3 Å². The quantitative estimate of drug-likeness (QED) is 0.632. The Labute approximate surface area is 143 Å². The molecule has 0 saturated carbocycles. The summed E-state index contributed by atoms with van der Waals surface area (Å²) in [7, 11) is 1.32. The molecule has 24 heavy (non-hydrogen) atoms. The number of thiazole rings is 1. The average molecular weight is 344 g/mol. The highest BCUT2D eigenvalue weighted by molar-refractivity contribution is 7.16. The number of imide groups is 1. The molecule has 2 heterocycles. The van der Waals surface area contributed by atoms with Gasteiger partial charge in [-0.05, 0) is 32.9 Å². The van der Waals surface area contributed by atoms with Gasteiger partial charge in [0.25, 0.3) is 11.8 Å². The number of ether oxygens (including phenoxy) is 1. The second-order valence-corrected chi connectivity index (χ2v) is 7.00. The van der Waals surface area contributed by atoms with Gasteiger partial charge in [0.15, 0.2) is 5.13 Å². The molecule has 124 valence electrons. The largest absolute Gasteiger partial charge is 0.468 e. The molecule has 3 rings (SSSR count). The van der Waals surface area contributed by atoms with E-state index in [0.29, 0.717) is 21.7 Å². The summed E-state index contributed by atoms with van der Waals surface area (Å²) in [6.45, 7) is 5.20. The first-order valence-electron chi connectivity index (χ1n) is 7.33. The highest BCUT2D eigenvalue weighted by Gasteiger charge is 2.41. The number of hydrogen-bond acceptors (Lipinski definition) is 6. The fourth-order valence-corrected chi connectivity index (χ4v) is 3.92. The number of fused-ring (bicyclic) bond motifs is 1. The topological polar surface area (TPSA) is 76.6 Å². The molecule has 0 spiro atoms. The molecule has 0 fully saturated rings. The van der Waals surface area contributed by atoms with E-state index in [2.05, 4.69) is 4.98 Å². The number of carbonyl (C=O) groups excluding carboxylic acids is 3. The Kier molecular flexibility index (Phi) is 3.76. The van der Waals surface area contributed by atoms with Crippen LogP contribution in [0.3, 0.4) is 0 Å².